The molecule has 5 aliphatic rings. The minimum atomic E-state index is -2.01. The number of benzene rings is 2. The van der Waals surface area contributed by atoms with Crippen LogP contribution < -0.4 is 80.2 Å². The molecule has 2 aromatic rings. The van der Waals surface area contributed by atoms with Crippen molar-refractivity contribution in [1.82, 2.24) is 98.9 Å². The van der Waals surface area contributed by atoms with Crippen LogP contribution in [0.2, 0.25) is 0 Å². The highest BCUT2D eigenvalue weighted by molar-refractivity contribution is 8.77. The molecule has 0 unspecified atom stereocenters. The molecule has 5 aliphatic heterocycles. The topological polar surface area (TPSA) is 731 Å². The molecule has 4 bridgehead atoms. The summed E-state index contributed by atoms with van der Waals surface area (Å²) in [5, 5.41) is 116. The minimum Gasteiger partial charge on any atom is -0.508 e. The molecule has 750 valence electrons. The van der Waals surface area contributed by atoms with Gasteiger partial charge in [-0.25, -0.2) is 4.79 Å². The van der Waals surface area contributed by atoms with Gasteiger partial charge in [0.05, 0.1) is 45.2 Å². The maximum absolute atomic E-state index is 15.5. The number of aliphatic carboxylic acids is 5. The van der Waals surface area contributed by atoms with Gasteiger partial charge in [0.25, 0.3) is 0 Å². The fourth-order valence-corrected chi connectivity index (χ4v) is 21.2. The van der Waals surface area contributed by atoms with Crippen LogP contribution in [0.15, 0.2) is 48.5 Å². The van der Waals surface area contributed by atoms with Gasteiger partial charge in [0.15, 0.2) is 0 Å². The second kappa shape index (κ2) is 57.1. The summed E-state index contributed by atoms with van der Waals surface area (Å²) in [6, 6.07) is -13.4. The number of carbonyl (C=O) groups excluding carboxylic acids is 16. The largest absolute Gasteiger partial charge is 0.508 e. The maximum atomic E-state index is 15.5. The molecule has 55 heteroatoms. The van der Waals surface area contributed by atoms with Crippen molar-refractivity contribution >= 4 is 189 Å². The van der Waals surface area contributed by atoms with Crippen molar-refractivity contribution in [3.05, 3.63) is 59.7 Å². The molecule has 136 heavy (non-hydrogen) atoms. The summed E-state index contributed by atoms with van der Waals surface area (Å²) in [5.41, 5.74) is 6.26. The van der Waals surface area contributed by atoms with E-state index in [1.165, 1.54) is 55.5 Å². The second-order valence-electron chi connectivity index (χ2n) is 32.4. The number of phenols is 2. The number of nitrogens with two attached hydrogens (primary N) is 1. The lowest BCUT2D eigenvalue weighted by Gasteiger charge is -2.32. The highest BCUT2D eigenvalue weighted by Gasteiger charge is 2.43. The van der Waals surface area contributed by atoms with E-state index in [2.05, 4.69) is 74.4 Å². The van der Waals surface area contributed by atoms with Crippen molar-refractivity contribution in [2.45, 2.75) is 169 Å². The van der Waals surface area contributed by atoms with Gasteiger partial charge in [0.1, 0.15) is 90.0 Å². The number of aliphatic hydroxyl groups is 1. The van der Waals surface area contributed by atoms with Gasteiger partial charge in [0, 0.05) is 126 Å². The van der Waals surface area contributed by atoms with Gasteiger partial charge in [-0.3, -0.25) is 115 Å². The average Bonchev–Trinajstić information content (AvgIpc) is 1.67. The number of fused-ring (bicyclic) bond motifs is 20. The van der Waals surface area contributed by atoms with Crippen molar-refractivity contribution in [3.63, 3.8) is 0 Å². The Bertz CT molecular complexity index is 4550. The van der Waals surface area contributed by atoms with E-state index in [4.69, 9.17) is 5.73 Å². The first-order chi connectivity index (χ1) is 64.6. The summed E-state index contributed by atoms with van der Waals surface area (Å²) in [6.07, 6.45) is -4.99. The van der Waals surface area contributed by atoms with Crippen LogP contribution in [0, 0.1) is 0 Å². The first-order valence-corrected chi connectivity index (χ1v) is 50.8. The molecule has 5 saturated heterocycles. The smallest absolute Gasteiger partial charge is 0.326 e. The predicted octanol–water partition coefficient (Wildman–Crippen LogP) is -7.63. The third kappa shape index (κ3) is 39.5. The molecule has 7 rings (SSSR count). The zero-order valence-corrected chi connectivity index (χ0v) is 79.1. The molecule has 0 saturated carbocycles. The zero-order chi connectivity index (χ0) is 99.8. The Kier molecular flexibility index (Phi) is 47.0. The highest BCUT2D eigenvalue weighted by Crippen LogP contribution is 2.29. The van der Waals surface area contributed by atoms with E-state index >= 15 is 28.8 Å². The molecule has 16 amide bonds. The first-order valence-electron chi connectivity index (χ1n) is 43.3. The third-order valence-corrected chi connectivity index (χ3v) is 28.9. The standard InChI is InChI=1S/C81H116N20O29S6/c1-43-69(117)92-58-42-136-135-39-55-74(122)88-49(17-18-64(109)110)70(118)89-50(29-45-9-13-47(103)14-10-45)71(119)93-57(41-134-132-38-54(87-62(107)32-84-79(127)68(44(2)102)96-77(58)125)72(120)91-52(81(129)130)30-46-11-15-48(104)16-12-46)76(124)95-56(75(123)90-51(31-60(82)105)80(128)101-20-6-7-59(101)78(126)85-43)40-133-131-37-53(73(121)94-55)86-61(106)8-4-3-5-19-83-63(108)33-97-21-23-98(34-65(111)112)25-27-100(36-67(115)116)28-26-99(24-22-97)35-66(113)114/h9-16,43-44,49-59,68,102-104H,3-8,17-42H2,1-2H3,(H2,82,105)(H,83,108)(H,84,127)(H,85,126)(H,86,106)(H,87,107)(H,88,122)(H,89,118)(H,90,123)(H,91,120)(H,92,117)(H,93,119)(H,94,121)(H,95,124)(H,96,125)(H,109,110)(H,111,112)(H,113,114)(H,115,116)(H,129,130)/t43-,44+,49-,50-,51-,52-,53-,54-,55-,56-,57-,58-,59-,68-/m0/s1. The minimum absolute atomic E-state index is 0.0621. The van der Waals surface area contributed by atoms with Gasteiger partial charge in [-0.2, -0.15) is 0 Å². The van der Waals surface area contributed by atoms with E-state index in [0.29, 0.717) is 48.7 Å². The normalized spacial score (nSPS) is 25.0. The fraction of sp³-hybridized carbons (Fsp3) is 0.593. The Morgan fingerprint density at radius 1 is 0.471 bits per heavy atom. The molecular formula is C81H116N20O29S6. The number of hydrogen-bond donors (Lipinski definition) is 23. The number of unbranched alkanes of at least 4 members (excludes halogenated alkanes) is 2. The van der Waals surface area contributed by atoms with Crippen LogP contribution in [-0.4, -0.2) is 407 Å². The molecular weight excluding hydrogens is 1910 g/mol. The van der Waals surface area contributed by atoms with Crippen LogP contribution in [0.25, 0.3) is 0 Å². The van der Waals surface area contributed by atoms with Crippen LogP contribution in [0.5, 0.6) is 11.5 Å². The monoisotopic (exact) mass is 2020 g/mol. The SMILES string of the molecule is C[C@@H]1NC(=O)[C@@H]2CCCN2C(=O)[C@H](CC(N)=O)NC(=O)[C@@H]2CSSC[C@H](NC(=O)CCCCCNC(=O)CN3CCN(CC(=O)O)CCN(CC(=O)O)CCN(CC(=O)O)CC3)C(=O)N[C@H]3CSSC[C@H](NC1=O)C(=O)N[C@@H]([C@@H](C)O)C(=O)NCC(=O)N[C@H](C(=O)N[C@@H](Cc1ccc(O)cc1)C(=O)O)CSSC[C@H](NC(=O)[C@H](Cc1ccc(O)cc1)NC(=O)[C@H](CCC(=O)O)NC3=O)C(=O)N2. The van der Waals surface area contributed by atoms with Gasteiger partial charge in [-0.15, -0.1) is 0 Å². The highest BCUT2D eigenvalue weighted by atomic mass is 33.1. The van der Waals surface area contributed by atoms with Crippen LogP contribution in [-0.2, 0) is 114 Å². The number of aromatic hydroxyl groups is 2. The average molecular weight is 2030 g/mol. The maximum Gasteiger partial charge on any atom is 0.326 e. The lowest BCUT2D eigenvalue weighted by molar-refractivity contribution is -0.143. The fourth-order valence-electron chi connectivity index (χ4n) is 14.3. The van der Waals surface area contributed by atoms with Crippen molar-refractivity contribution in [1.29, 1.82) is 0 Å². The molecule has 24 N–H and O–H groups in total. The van der Waals surface area contributed by atoms with Crippen molar-refractivity contribution in [2.75, 3.05) is 133 Å². The molecule has 0 radical (unpaired) electrons. The number of primary amides is 1. The third-order valence-electron chi connectivity index (χ3n) is 21.6. The Morgan fingerprint density at radius 2 is 0.934 bits per heavy atom. The summed E-state index contributed by atoms with van der Waals surface area (Å²) < 4.78 is 0. The number of amides is 16. The number of nitrogens with one attached hydrogen (secondary N) is 14. The molecule has 49 nitrogen and oxygen atoms in total. The van der Waals surface area contributed by atoms with Crippen LogP contribution in [0.4, 0.5) is 0 Å². The van der Waals surface area contributed by atoms with Crippen LogP contribution in [0.3, 0.4) is 0 Å². The van der Waals surface area contributed by atoms with E-state index in [1.54, 1.807) is 19.6 Å². The van der Waals surface area contributed by atoms with Crippen LogP contribution >= 0.6 is 64.8 Å². The Labute approximate surface area is 803 Å². The summed E-state index contributed by atoms with van der Waals surface area (Å²) in [4.78, 5) is 303. The van der Waals surface area contributed by atoms with E-state index < -0.39 is 295 Å². The number of hydrogen-bond acceptors (Lipinski definition) is 34. The summed E-state index contributed by atoms with van der Waals surface area (Å²) in [5.74, 6) is -28.3. The van der Waals surface area contributed by atoms with E-state index in [0.717, 1.165) is 33.4 Å². The molecule has 5 heterocycles. The molecule has 0 spiro atoms. The lowest BCUT2D eigenvalue weighted by Crippen LogP contribution is -2.62. The number of nitrogens with zero attached hydrogens (tertiary/aromatic N) is 5. The number of carboxylic acid groups (broad SMARTS) is 5. The molecule has 0 aromatic heterocycles. The van der Waals surface area contributed by atoms with E-state index in [9.17, 15) is 113 Å². The van der Waals surface area contributed by atoms with Gasteiger partial charge in [-0.05, 0) is 81.3 Å². The van der Waals surface area contributed by atoms with Crippen molar-refractivity contribution in [3.8, 4) is 11.5 Å². The van der Waals surface area contributed by atoms with Crippen molar-refractivity contribution < 1.29 is 142 Å². The quantitative estimate of drug-likeness (QED) is 0.0214. The Hall–Kier alpha value is -11.2. The number of carbonyl (C=O) groups is 21. The number of rotatable bonds is 28. The Balaban J connectivity index is 1.31. The van der Waals surface area contributed by atoms with E-state index in [1.807, 2.05) is 0 Å². The number of aliphatic hydroxyl groups excluding tert-OH is 1. The molecule has 0 aliphatic carbocycles. The number of phenolic OH excluding ortho intramolecular Hbond substituents is 2. The lowest BCUT2D eigenvalue weighted by atomic mass is 10.0. The zero-order valence-electron chi connectivity index (χ0n) is 74.2. The van der Waals surface area contributed by atoms with Gasteiger partial charge in [-0.1, -0.05) is 95.4 Å². The van der Waals surface area contributed by atoms with E-state index in [-0.39, 0.29) is 134 Å². The molecule has 5 fully saturated rings. The number of carboxylic acids is 5. The van der Waals surface area contributed by atoms with Crippen molar-refractivity contribution in [2.24, 2.45) is 5.73 Å². The Morgan fingerprint density at radius 3 is 1.45 bits per heavy atom. The van der Waals surface area contributed by atoms with Gasteiger partial charge in [0.2, 0.25) is 94.5 Å². The van der Waals surface area contributed by atoms with Gasteiger partial charge >= 0.3 is 29.8 Å². The predicted molar refractivity (Wildman–Crippen MR) is 495 cm³/mol. The van der Waals surface area contributed by atoms with Crippen LogP contribution in [0.1, 0.15) is 82.8 Å². The summed E-state index contributed by atoms with van der Waals surface area (Å²) in [7, 11) is 4.30. The van der Waals surface area contributed by atoms with Gasteiger partial charge < -0.3 is 126 Å². The molecule has 14 atom stereocenters. The summed E-state index contributed by atoms with van der Waals surface area (Å²) >= 11 is 0. The summed E-state index contributed by atoms with van der Waals surface area (Å²) in [6.45, 7) is 0.798. The molecule has 2 aromatic carbocycles. The first kappa shape index (κ1) is 112. The second-order valence-corrected chi connectivity index (χ2v) is 40.1.